The Morgan fingerprint density at radius 1 is 1.59 bits per heavy atom. The number of hydrogen-bond donors (Lipinski definition) is 1. The number of rotatable bonds is 5. The molecule has 0 saturated carbocycles. The van der Waals surface area contributed by atoms with Crippen molar-refractivity contribution in [2.75, 3.05) is 13.7 Å². The third kappa shape index (κ3) is 4.12. The van der Waals surface area contributed by atoms with Crippen LogP contribution in [0.5, 0.6) is 5.75 Å². The van der Waals surface area contributed by atoms with E-state index in [0.29, 0.717) is 24.3 Å². The molecule has 0 aliphatic rings. The van der Waals surface area contributed by atoms with Crippen molar-refractivity contribution in [1.82, 2.24) is 5.32 Å². The summed E-state index contributed by atoms with van der Waals surface area (Å²) in [7, 11) is 1.57. The van der Waals surface area contributed by atoms with Crippen molar-refractivity contribution in [2.24, 2.45) is 0 Å². The van der Waals surface area contributed by atoms with Crippen LogP contribution in [-0.2, 0) is 0 Å². The molecule has 0 bridgehead atoms. The van der Waals surface area contributed by atoms with Crippen molar-refractivity contribution < 1.29 is 9.53 Å². The summed E-state index contributed by atoms with van der Waals surface area (Å²) in [6.07, 6.45) is 6.58. The van der Waals surface area contributed by atoms with Crippen LogP contribution in [0.25, 0.3) is 0 Å². The van der Waals surface area contributed by atoms with E-state index in [1.165, 1.54) is 0 Å². The largest absolute Gasteiger partial charge is 0.497 e. The summed E-state index contributed by atoms with van der Waals surface area (Å²) in [6, 6.07) is 5.27. The second-order valence-corrected chi connectivity index (χ2v) is 4.26. The van der Waals surface area contributed by atoms with Gasteiger partial charge in [0.25, 0.3) is 5.91 Å². The zero-order valence-corrected chi connectivity index (χ0v) is 11.2. The first-order valence-electron chi connectivity index (χ1n) is 5.24. The molecule has 0 unspecified atom stereocenters. The highest BCUT2D eigenvalue weighted by atomic mass is 79.9. The molecule has 1 aromatic rings. The molecule has 0 aliphatic heterocycles. The summed E-state index contributed by atoms with van der Waals surface area (Å²) in [6.45, 7) is 0.576. The first-order valence-corrected chi connectivity index (χ1v) is 6.03. The van der Waals surface area contributed by atoms with Gasteiger partial charge in [-0.25, -0.2) is 0 Å². The second kappa shape index (κ2) is 6.97. The SMILES string of the molecule is C#CCCCNC(=O)c1cc(OC)ccc1Br. The number of carbonyl (C=O) groups excluding carboxylic acids is 1. The number of terminal acetylenes is 1. The molecule has 4 heteroatoms. The van der Waals surface area contributed by atoms with Crippen LogP contribution >= 0.6 is 15.9 Å². The van der Waals surface area contributed by atoms with E-state index in [9.17, 15) is 4.79 Å². The maximum absolute atomic E-state index is 11.8. The molecule has 0 spiro atoms. The Bertz CT molecular complexity index is 438. The molecule has 3 nitrogen and oxygen atoms in total. The molecule has 1 aromatic carbocycles. The number of unbranched alkanes of at least 4 members (excludes halogenated alkanes) is 1. The van der Waals surface area contributed by atoms with Crippen LogP contribution in [-0.4, -0.2) is 19.6 Å². The zero-order valence-electron chi connectivity index (χ0n) is 9.63. The zero-order chi connectivity index (χ0) is 12.7. The van der Waals surface area contributed by atoms with Crippen LogP contribution in [0.15, 0.2) is 22.7 Å². The average molecular weight is 296 g/mol. The van der Waals surface area contributed by atoms with Crippen LogP contribution in [0, 0.1) is 12.3 Å². The molecule has 0 aromatic heterocycles. The number of methoxy groups -OCH3 is 1. The standard InChI is InChI=1S/C13H14BrNO2/c1-3-4-5-8-15-13(16)11-9-10(17-2)6-7-12(11)14/h1,6-7,9H,4-5,8H2,2H3,(H,15,16). The smallest absolute Gasteiger partial charge is 0.252 e. The van der Waals surface area contributed by atoms with E-state index in [-0.39, 0.29) is 5.91 Å². The molecule has 17 heavy (non-hydrogen) atoms. The van der Waals surface area contributed by atoms with Gasteiger partial charge in [-0.2, -0.15) is 0 Å². The summed E-state index contributed by atoms with van der Waals surface area (Å²) in [4.78, 5) is 11.8. The van der Waals surface area contributed by atoms with Crippen molar-refractivity contribution in [3.63, 3.8) is 0 Å². The minimum absolute atomic E-state index is 0.132. The molecular formula is C13H14BrNO2. The van der Waals surface area contributed by atoms with Gasteiger partial charge in [-0.15, -0.1) is 12.3 Å². The molecule has 1 amide bonds. The Balaban J connectivity index is 2.65. The number of ether oxygens (including phenoxy) is 1. The quantitative estimate of drug-likeness (QED) is 0.670. The minimum atomic E-state index is -0.132. The summed E-state index contributed by atoms with van der Waals surface area (Å²) < 4.78 is 5.82. The lowest BCUT2D eigenvalue weighted by atomic mass is 10.2. The summed E-state index contributed by atoms with van der Waals surface area (Å²) in [5.74, 6) is 3.05. The lowest BCUT2D eigenvalue weighted by molar-refractivity contribution is 0.0952. The van der Waals surface area contributed by atoms with Gasteiger partial charge in [0, 0.05) is 17.4 Å². The van der Waals surface area contributed by atoms with Gasteiger partial charge in [0.1, 0.15) is 5.75 Å². The summed E-state index contributed by atoms with van der Waals surface area (Å²) in [5, 5.41) is 2.81. The number of nitrogens with one attached hydrogen (secondary N) is 1. The Labute approximate surface area is 110 Å². The molecule has 1 N–H and O–H groups in total. The van der Waals surface area contributed by atoms with Crippen molar-refractivity contribution in [3.05, 3.63) is 28.2 Å². The van der Waals surface area contributed by atoms with Gasteiger partial charge in [0.05, 0.1) is 12.7 Å². The molecule has 1 rings (SSSR count). The van der Waals surface area contributed by atoms with E-state index < -0.39 is 0 Å². The Kier molecular flexibility index (Phi) is 5.58. The predicted molar refractivity (Wildman–Crippen MR) is 71.1 cm³/mol. The highest BCUT2D eigenvalue weighted by molar-refractivity contribution is 9.10. The molecule has 0 saturated heterocycles. The highest BCUT2D eigenvalue weighted by Crippen LogP contribution is 2.22. The van der Waals surface area contributed by atoms with E-state index >= 15 is 0 Å². The third-order valence-corrected chi connectivity index (χ3v) is 2.89. The van der Waals surface area contributed by atoms with Crippen LogP contribution in [0.2, 0.25) is 0 Å². The van der Waals surface area contributed by atoms with Gasteiger partial charge in [0.15, 0.2) is 0 Å². The Morgan fingerprint density at radius 3 is 3.00 bits per heavy atom. The third-order valence-electron chi connectivity index (χ3n) is 2.20. The molecule has 0 radical (unpaired) electrons. The average Bonchev–Trinajstić information content (AvgIpc) is 2.35. The van der Waals surface area contributed by atoms with E-state index in [1.54, 1.807) is 25.3 Å². The molecule has 0 fully saturated rings. The lowest BCUT2D eigenvalue weighted by Crippen LogP contribution is -2.24. The van der Waals surface area contributed by atoms with E-state index in [1.807, 2.05) is 0 Å². The maximum Gasteiger partial charge on any atom is 0.252 e. The molecular weight excluding hydrogens is 282 g/mol. The van der Waals surface area contributed by atoms with Gasteiger partial charge in [-0.05, 0) is 40.5 Å². The van der Waals surface area contributed by atoms with Crippen LogP contribution < -0.4 is 10.1 Å². The lowest BCUT2D eigenvalue weighted by Gasteiger charge is -2.08. The normalized spacial score (nSPS) is 9.47. The number of benzene rings is 1. The number of carbonyl (C=O) groups is 1. The monoisotopic (exact) mass is 295 g/mol. The fourth-order valence-corrected chi connectivity index (χ4v) is 1.72. The first-order chi connectivity index (χ1) is 8.19. The van der Waals surface area contributed by atoms with Crippen molar-refractivity contribution in [3.8, 4) is 18.1 Å². The van der Waals surface area contributed by atoms with Gasteiger partial charge < -0.3 is 10.1 Å². The van der Waals surface area contributed by atoms with Crippen molar-refractivity contribution >= 4 is 21.8 Å². The van der Waals surface area contributed by atoms with E-state index in [4.69, 9.17) is 11.2 Å². The van der Waals surface area contributed by atoms with E-state index in [0.717, 1.165) is 10.9 Å². The number of amides is 1. The first kappa shape index (κ1) is 13.6. The van der Waals surface area contributed by atoms with Crippen molar-refractivity contribution in [2.45, 2.75) is 12.8 Å². The second-order valence-electron chi connectivity index (χ2n) is 3.41. The molecule has 0 atom stereocenters. The van der Waals surface area contributed by atoms with Crippen LogP contribution in [0.3, 0.4) is 0 Å². The van der Waals surface area contributed by atoms with Gasteiger partial charge >= 0.3 is 0 Å². The molecule has 90 valence electrons. The maximum atomic E-state index is 11.8. The van der Waals surface area contributed by atoms with Crippen LogP contribution in [0.1, 0.15) is 23.2 Å². The molecule has 0 heterocycles. The minimum Gasteiger partial charge on any atom is -0.497 e. The predicted octanol–water partition coefficient (Wildman–Crippen LogP) is 2.60. The summed E-state index contributed by atoms with van der Waals surface area (Å²) in [5.41, 5.74) is 0.560. The van der Waals surface area contributed by atoms with Crippen LogP contribution in [0.4, 0.5) is 0 Å². The Morgan fingerprint density at radius 2 is 2.35 bits per heavy atom. The number of halogens is 1. The van der Waals surface area contributed by atoms with Crippen molar-refractivity contribution in [1.29, 1.82) is 0 Å². The summed E-state index contributed by atoms with van der Waals surface area (Å²) >= 11 is 3.33. The topological polar surface area (TPSA) is 38.3 Å². The highest BCUT2D eigenvalue weighted by Gasteiger charge is 2.10. The van der Waals surface area contributed by atoms with E-state index in [2.05, 4.69) is 27.2 Å². The molecule has 0 aliphatic carbocycles. The fourth-order valence-electron chi connectivity index (χ4n) is 1.29. The fraction of sp³-hybridized carbons (Fsp3) is 0.308. The van der Waals surface area contributed by atoms with Gasteiger partial charge in [0.2, 0.25) is 0 Å². The number of hydrogen-bond acceptors (Lipinski definition) is 2. The van der Waals surface area contributed by atoms with Gasteiger partial charge in [-0.3, -0.25) is 4.79 Å². The Hall–Kier alpha value is -1.47. The van der Waals surface area contributed by atoms with Gasteiger partial charge in [-0.1, -0.05) is 0 Å².